The molecule has 31 heavy (non-hydrogen) atoms. The van der Waals surface area contributed by atoms with Crippen LogP contribution in [0.25, 0.3) is 5.69 Å². The van der Waals surface area contributed by atoms with Crippen LogP contribution in [0.4, 0.5) is 13.2 Å². The van der Waals surface area contributed by atoms with Crippen LogP contribution >= 0.6 is 11.8 Å². The Morgan fingerprint density at radius 1 is 1.29 bits per heavy atom. The number of aryl methyl sites for hydroxylation is 1. The van der Waals surface area contributed by atoms with Crippen LogP contribution in [0.3, 0.4) is 0 Å². The van der Waals surface area contributed by atoms with E-state index in [-0.39, 0.29) is 24.5 Å². The fourth-order valence-electron chi connectivity index (χ4n) is 3.25. The second-order valence-electron chi connectivity index (χ2n) is 6.77. The lowest BCUT2D eigenvalue weighted by Crippen LogP contribution is -2.52. The van der Waals surface area contributed by atoms with Crippen molar-refractivity contribution in [3.63, 3.8) is 0 Å². The number of esters is 1. The summed E-state index contributed by atoms with van der Waals surface area (Å²) in [6.07, 6.45) is -4.66. The second kappa shape index (κ2) is 9.13. The molecular formula is C20H20F3N3O4S. The average Bonchev–Trinajstić information content (AvgIpc) is 2.73. The van der Waals surface area contributed by atoms with E-state index < -0.39 is 40.8 Å². The minimum Gasteiger partial charge on any atom is -0.464 e. The van der Waals surface area contributed by atoms with Crippen molar-refractivity contribution in [2.75, 3.05) is 24.7 Å². The van der Waals surface area contributed by atoms with Gasteiger partial charge in [0.25, 0.3) is 5.91 Å². The second-order valence-corrected chi connectivity index (χ2v) is 7.92. The number of alkyl halides is 3. The van der Waals surface area contributed by atoms with Crippen molar-refractivity contribution in [2.24, 2.45) is 0 Å². The SMILES string of the molecule is CCOC(=O)[C@H]1CSCCN1C(=O)c1nn(-c2ccccc2C(F)(F)F)c(C)cc1=O. The van der Waals surface area contributed by atoms with Crippen LogP contribution in [0.1, 0.15) is 28.7 Å². The smallest absolute Gasteiger partial charge is 0.418 e. The zero-order valence-corrected chi connectivity index (χ0v) is 17.6. The highest BCUT2D eigenvalue weighted by molar-refractivity contribution is 7.99. The number of hydrogen-bond acceptors (Lipinski definition) is 6. The molecule has 11 heteroatoms. The van der Waals surface area contributed by atoms with Crippen molar-refractivity contribution < 1.29 is 27.5 Å². The standard InChI is InChI=1S/C20H20F3N3O4S/c1-3-30-19(29)15-11-31-9-8-25(15)18(28)17-16(27)10-12(2)26(24-17)14-7-5-4-6-13(14)20(21,22)23/h4-7,10,15H,3,8-9,11H2,1-2H3/t15-/m1/s1. The molecule has 1 saturated heterocycles. The summed E-state index contributed by atoms with van der Waals surface area (Å²) in [6.45, 7) is 3.38. The quantitative estimate of drug-likeness (QED) is 0.660. The van der Waals surface area contributed by atoms with Crippen LogP contribution < -0.4 is 5.43 Å². The van der Waals surface area contributed by atoms with Crippen molar-refractivity contribution in [1.82, 2.24) is 14.7 Å². The Bertz CT molecular complexity index is 1050. The van der Waals surface area contributed by atoms with Crippen molar-refractivity contribution >= 4 is 23.6 Å². The first kappa shape index (κ1) is 22.9. The molecule has 1 fully saturated rings. The van der Waals surface area contributed by atoms with E-state index in [1.165, 1.54) is 41.8 Å². The number of carbonyl (C=O) groups excluding carboxylic acids is 2. The monoisotopic (exact) mass is 455 g/mol. The molecule has 0 aliphatic carbocycles. The Hall–Kier alpha value is -2.82. The number of para-hydroxylation sites is 1. The van der Waals surface area contributed by atoms with E-state index in [1.54, 1.807) is 6.92 Å². The summed E-state index contributed by atoms with van der Waals surface area (Å²) in [5.74, 6) is -0.584. The summed E-state index contributed by atoms with van der Waals surface area (Å²) in [5.41, 5.74) is -2.41. The van der Waals surface area contributed by atoms with Gasteiger partial charge in [-0.3, -0.25) is 9.59 Å². The first-order valence-electron chi connectivity index (χ1n) is 9.48. The van der Waals surface area contributed by atoms with Gasteiger partial charge in [-0.25, -0.2) is 9.48 Å². The lowest BCUT2D eigenvalue weighted by atomic mass is 10.1. The Kier molecular flexibility index (Phi) is 6.73. The predicted molar refractivity (Wildman–Crippen MR) is 108 cm³/mol. The van der Waals surface area contributed by atoms with Gasteiger partial charge < -0.3 is 9.64 Å². The number of halogens is 3. The molecule has 1 aromatic heterocycles. The third-order valence-electron chi connectivity index (χ3n) is 4.70. The first-order chi connectivity index (χ1) is 14.6. The Morgan fingerprint density at radius 3 is 2.68 bits per heavy atom. The predicted octanol–water partition coefficient (Wildman–Crippen LogP) is 2.68. The number of amides is 1. The summed E-state index contributed by atoms with van der Waals surface area (Å²) >= 11 is 1.46. The van der Waals surface area contributed by atoms with Gasteiger partial charge in [-0.15, -0.1) is 0 Å². The Morgan fingerprint density at radius 2 is 2.00 bits per heavy atom. The molecule has 2 aromatic rings. The third kappa shape index (κ3) is 4.76. The minimum atomic E-state index is -4.66. The van der Waals surface area contributed by atoms with Crippen molar-refractivity contribution in [1.29, 1.82) is 0 Å². The largest absolute Gasteiger partial charge is 0.464 e. The average molecular weight is 455 g/mol. The Labute approximate surface area is 180 Å². The van der Waals surface area contributed by atoms with Crippen molar-refractivity contribution in [3.8, 4) is 5.69 Å². The number of hydrogen-bond donors (Lipinski definition) is 0. The van der Waals surface area contributed by atoms with Gasteiger partial charge >= 0.3 is 12.1 Å². The highest BCUT2D eigenvalue weighted by atomic mass is 32.2. The number of nitrogens with zero attached hydrogens (tertiary/aromatic N) is 3. The van der Waals surface area contributed by atoms with Gasteiger partial charge in [0.05, 0.1) is 17.9 Å². The van der Waals surface area contributed by atoms with Crippen LogP contribution in [-0.4, -0.2) is 57.3 Å². The van der Waals surface area contributed by atoms with Crippen LogP contribution in [0.5, 0.6) is 0 Å². The zero-order chi connectivity index (χ0) is 22.8. The van der Waals surface area contributed by atoms with E-state index >= 15 is 0 Å². The maximum absolute atomic E-state index is 13.5. The molecule has 1 atom stereocenters. The molecule has 7 nitrogen and oxygen atoms in total. The van der Waals surface area contributed by atoms with E-state index in [4.69, 9.17) is 4.74 Å². The molecule has 2 heterocycles. The van der Waals surface area contributed by atoms with Gasteiger partial charge in [0, 0.05) is 29.8 Å². The van der Waals surface area contributed by atoms with Gasteiger partial charge in [-0.05, 0) is 26.0 Å². The van der Waals surface area contributed by atoms with Gasteiger partial charge in [0.15, 0.2) is 5.69 Å². The topological polar surface area (TPSA) is 81.5 Å². The zero-order valence-electron chi connectivity index (χ0n) is 16.8. The van der Waals surface area contributed by atoms with E-state index in [9.17, 15) is 27.6 Å². The summed E-state index contributed by atoms with van der Waals surface area (Å²) in [7, 11) is 0. The number of aromatic nitrogens is 2. The van der Waals surface area contributed by atoms with Crippen LogP contribution in [-0.2, 0) is 15.7 Å². The van der Waals surface area contributed by atoms with Gasteiger partial charge in [-0.2, -0.15) is 30.0 Å². The molecule has 3 rings (SSSR count). The summed E-state index contributed by atoms with van der Waals surface area (Å²) in [4.78, 5) is 39.1. The first-order valence-corrected chi connectivity index (χ1v) is 10.6. The minimum absolute atomic E-state index is 0.131. The van der Waals surface area contributed by atoms with Crippen molar-refractivity contribution in [3.05, 3.63) is 57.5 Å². The summed E-state index contributed by atoms with van der Waals surface area (Å²) < 4.78 is 46.4. The molecule has 1 aliphatic rings. The lowest BCUT2D eigenvalue weighted by molar-refractivity contribution is -0.147. The summed E-state index contributed by atoms with van der Waals surface area (Å²) in [6, 6.07) is 4.92. The fraction of sp³-hybridized carbons (Fsp3) is 0.400. The van der Waals surface area contributed by atoms with Crippen LogP contribution in [0.15, 0.2) is 35.1 Å². The number of rotatable bonds is 4. The molecule has 0 unspecified atom stereocenters. The van der Waals surface area contributed by atoms with Crippen LogP contribution in [0, 0.1) is 6.92 Å². The third-order valence-corrected chi connectivity index (χ3v) is 5.72. The maximum Gasteiger partial charge on any atom is 0.418 e. The number of benzene rings is 1. The van der Waals surface area contributed by atoms with E-state index in [0.29, 0.717) is 11.5 Å². The highest BCUT2D eigenvalue weighted by Gasteiger charge is 2.37. The van der Waals surface area contributed by atoms with E-state index in [0.717, 1.165) is 16.8 Å². The fourth-order valence-corrected chi connectivity index (χ4v) is 4.29. The maximum atomic E-state index is 13.5. The number of ether oxygens (including phenoxy) is 1. The van der Waals surface area contributed by atoms with Crippen LogP contribution in [0.2, 0.25) is 0 Å². The summed E-state index contributed by atoms with van der Waals surface area (Å²) in [5, 5.41) is 3.99. The molecule has 1 aliphatic heterocycles. The number of thioether (sulfide) groups is 1. The van der Waals surface area contributed by atoms with Gasteiger partial charge in [0.2, 0.25) is 5.43 Å². The van der Waals surface area contributed by atoms with E-state index in [1.807, 2.05) is 0 Å². The number of carbonyl (C=O) groups is 2. The molecule has 0 spiro atoms. The molecular weight excluding hydrogens is 435 g/mol. The normalized spacial score (nSPS) is 16.8. The van der Waals surface area contributed by atoms with Gasteiger partial charge in [-0.1, -0.05) is 12.1 Å². The molecule has 1 aromatic carbocycles. The molecule has 0 N–H and O–H groups in total. The Balaban J connectivity index is 2.07. The molecule has 1 amide bonds. The molecule has 0 radical (unpaired) electrons. The van der Waals surface area contributed by atoms with Crippen molar-refractivity contribution in [2.45, 2.75) is 26.1 Å². The molecule has 166 valence electrons. The van der Waals surface area contributed by atoms with Gasteiger partial charge in [0.1, 0.15) is 6.04 Å². The molecule has 0 bridgehead atoms. The lowest BCUT2D eigenvalue weighted by Gasteiger charge is -2.33. The molecule has 0 saturated carbocycles. The van der Waals surface area contributed by atoms with E-state index in [2.05, 4.69) is 5.10 Å². The highest BCUT2D eigenvalue weighted by Crippen LogP contribution is 2.33.